The van der Waals surface area contributed by atoms with E-state index in [1.54, 1.807) is 7.05 Å². The molecule has 3 aliphatic rings. The summed E-state index contributed by atoms with van der Waals surface area (Å²) in [5.74, 6) is -0.643. The van der Waals surface area contributed by atoms with Crippen molar-refractivity contribution in [3.8, 4) is 0 Å². The normalized spacial score (nSPS) is 44.5. The molecule has 0 bridgehead atoms. The predicted octanol–water partition coefficient (Wildman–Crippen LogP) is -0.441. The summed E-state index contributed by atoms with van der Waals surface area (Å²) < 4.78 is 22.9. The van der Waals surface area contributed by atoms with E-state index in [-0.39, 0.29) is 30.4 Å². The maximum atomic E-state index is 11.3. The molecule has 3 saturated heterocycles. The lowest BCUT2D eigenvalue weighted by molar-refractivity contribution is -0.210. The molecule has 2 amide bonds. The number of carbonyl (C=O) groups is 1. The Kier molecular flexibility index (Phi) is 2.74. The Hall–Kier alpha value is -0.890. The van der Waals surface area contributed by atoms with Crippen molar-refractivity contribution in [2.24, 2.45) is 0 Å². The topological polar surface area (TPSA) is 78.1 Å². The van der Waals surface area contributed by atoms with Crippen LogP contribution in [0, 0.1) is 0 Å². The van der Waals surface area contributed by atoms with Gasteiger partial charge in [0.2, 0.25) is 0 Å². The van der Waals surface area contributed by atoms with E-state index in [1.165, 1.54) is 0 Å². The van der Waals surface area contributed by atoms with E-state index < -0.39 is 12.1 Å². The van der Waals surface area contributed by atoms with Crippen LogP contribution < -0.4 is 10.6 Å². The van der Waals surface area contributed by atoms with Crippen molar-refractivity contribution >= 4 is 6.03 Å². The number of amides is 2. The molecule has 0 spiro atoms. The van der Waals surface area contributed by atoms with Gasteiger partial charge < -0.3 is 29.6 Å². The van der Waals surface area contributed by atoms with Crippen LogP contribution in [-0.4, -0.2) is 56.1 Å². The minimum Gasteiger partial charge on any atom is -0.370 e. The highest BCUT2D eigenvalue weighted by atomic mass is 16.8. The second-order valence-corrected chi connectivity index (χ2v) is 5.20. The second-order valence-electron chi connectivity index (χ2n) is 5.20. The van der Waals surface area contributed by atoms with Crippen molar-refractivity contribution in [2.75, 3.05) is 13.7 Å². The molecule has 3 aliphatic heterocycles. The first kappa shape index (κ1) is 12.2. The number of nitrogens with one attached hydrogen (secondary N) is 2. The number of hydrogen-bond acceptors (Lipinski definition) is 5. The Labute approximate surface area is 105 Å². The van der Waals surface area contributed by atoms with Gasteiger partial charge in [-0.05, 0) is 13.8 Å². The molecule has 0 aromatic heterocycles. The third-order valence-corrected chi connectivity index (χ3v) is 3.44. The zero-order valence-electron chi connectivity index (χ0n) is 10.6. The van der Waals surface area contributed by atoms with Gasteiger partial charge >= 0.3 is 6.03 Å². The molecule has 18 heavy (non-hydrogen) atoms. The van der Waals surface area contributed by atoms with Crippen LogP contribution in [0.3, 0.4) is 0 Å². The van der Waals surface area contributed by atoms with Gasteiger partial charge in [0, 0.05) is 7.05 Å². The lowest BCUT2D eigenvalue weighted by Gasteiger charge is -2.23. The molecule has 0 radical (unpaired) electrons. The Morgan fingerprint density at radius 3 is 2.72 bits per heavy atom. The summed E-state index contributed by atoms with van der Waals surface area (Å²) in [6.07, 6.45) is -1.03. The first-order valence-corrected chi connectivity index (χ1v) is 6.11. The van der Waals surface area contributed by atoms with E-state index in [2.05, 4.69) is 10.6 Å². The van der Waals surface area contributed by atoms with Gasteiger partial charge in [-0.3, -0.25) is 0 Å². The quantitative estimate of drug-likeness (QED) is 0.666. The minimum absolute atomic E-state index is 0.170. The summed E-state index contributed by atoms with van der Waals surface area (Å²) in [7, 11) is 1.57. The molecule has 3 fully saturated rings. The van der Waals surface area contributed by atoms with Crippen LogP contribution in [0.1, 0.15) is 13.8 Å². The number of fused-ring (bicyclic) bond motifs is 3. The van der Waals surface area contributed by atoms with Gasteiger partial charge in [0.25, 0.3) is 0 Å². The molecule has 3 heterocycles. The molecule has 0 aromatic carbocycles. The van der Waals surface area contributed by atoms with Gasteiger partial charge in [-0.2, -0.15) is 0 Å². The van der Waals surface area contributed by atoms with Crippen LogP contribution in [-0.2, 0) is 18.9 Å². The first-order valence-electron chi connectivity index (χ1n) is 6.11. The van der Waals surface area contributed by atoms with Crippen molar-refractivity contribution in [2.45, 2.75) is 50.3 Å². The largest absolute Gasteiger partial charge is 0.370 e. The number of carbonyl (C=O) groups excluding carboxylic acids is 1. The smallest absolute Gasteiger partial charge is 0.314 e. The molecule has 0 aromatic rings. The molecule has 7 heteroatoms. The molecule has 3 rings (SSSR count). The average molecular weight is 258 g/mol. The van der Waals surface area contributed by atoms with Crippen LogP contribution in [0.25, 0.3) is 0 Å². The lowest BCUT2D eigenvalue weighted by Crippen LogP contribution is -2.48. The van der Waals surface area contributed by atoms with Crippen LogP contribution in [0.4, 0.5) is 4.79 Å². The summed E-state index contributed by atoms with van der Waals surface area (Å²) in [5.41, 5.74) is 0. The van der Waals surface area contributed by atoms with Gasteiger partial charge in [-0.25, -0.2) is 4.79 Å². The van der Waals surface area contributed by atoms with E-state index in [4.69, 9.17) is 18.9 Å². The van der Waals surface area contributed by atoms with Crippen molar-refractivity contribution in [3.05, 3.63) is 0 Å². The highest BCUT2D eigenvalue weighted by Gasteiger charge is 2.59. The fraction of sp³-hybridized carbons (Fsp3) is 0.909. The zero-order chi connectivity index (χ0) is 12.9. The summed E-state index contributed by atoms with van der Waals surface area (Å²) >= 11 is 0. The van der Waals surface area contributed by atoms with Crippen molar-refractivity contribution < 1.29 is 23.7 Å². The molecular weight excluding hydrogens is 240 g/mol. The van der Waals surface area contributed by atoms with Gasteiger partial charge in [-0.15, -0.1) is 0 Å². The predicted molar refractivity (Wildman–Crippen MR) is 59.8 cm³/mol. The minimum atomic E-state index is -0.643. The van der Waals surface area contributed by atoms with Crippen LogP contribution in [0.5, 0.6) is 0 Å². The Morgan fingerprint density at radius 1 is 1.22 bits per heavy atom. The Morgan fingerprint density at radius 2 is 2.00 bits per heavy atom. The molecule has 102 valence electrons. The van der Waals surface area contributed by atoms with Crippen molar-refractivity contribution in [1.82, 2.24) is 10.6 Å². The summed E-state index contributed by atoms with van der Waals surface area (Å²) in [5, 5.41) is 5.31. The van der Waals surface area contributed by atoms with Crippen LogP contribution in [0.15, 0.2) is 0 Å². The molecule has 2 N–H and O–H groups in total. The van der Waals surface area contributed by atoms with Crippen molar-refractivity contribution in [1.29, 1.82) is 0 Å². The SMILES string of the molecule is CNC(=O)NC1COC2C1OC1OC(C)(C)OC12. The average Bonchev–Trinajstić information content (AvgIpc) is 2.89. The van der Waals surface area contributed by atoms with E-state index in [0.717, 1.165) is 0 Å². The van der Waals surface area contributed by atoms with Gasteiger partial charge in [0.05, 0.1) is 12.6 Å². The highest BCUT2D eigenvalue weighted by Crippen LogP contribution is 2.41. The third-order valence-electron chi connectivity index (χ3n) is 3.44. The maximum absolute atomic E-state index is 11.3. The van der Waals surface area contributed by atoms with E-state index >= 15 is 0 Å². The molecular formula is C11H18N2O5. The molecule has 0 saturated carbocycles. The summed E-state index contributed by atoms with van der Waals surface area (Å²) in [6, 6.07) is -0.414. The zero-order valence-corrected chi connectivity index (χ0v) is 10.6. The number of ether oxygens (including phenoxy) is 4. The monoisotopic (exact) mass is 258 g/mol. The fourth-order valence-corrected chi connectivity index (χ4v) is 2.69. The van der Waals surface area contributed by atoms with E-state index in [0.29, 0.717) is 6.61 Å². The summed E-state index contributed by atoms with van der Waals surface area (Å²) in [6.45, 7) is 4.12. The van der Waals surface area contributed by atoms with Crippen LogP contribution >= 0.6 is 0 Å². The maximum Gasteiger partial charge on any atom is 0.314 e. The lowest BCUT2D eigenvalue weighted by atomic mass is 10.1. The van der Waals surface area contributed by atoms with Gasteiger partial charge in [0.15, 0.2) is 12.1 Å². The molecule has 7 nitrogen and oxygen atoms in total. The van der Waals surface area contributed by atoms with E-state index in [1.807, 2.05) is 13.8 Å². The second kappa shape index (κ2) is 4.06. The Bertz CT molecular complexity index is 361. The van der Waals surface area contributed by atoms with Gasteiger partial charge in [-0.1, -0.05) is 0 Å². The van der Waals surface area contributed by atoms with Crippen molar-refractivity contribution in [3.63, 3.8) is 0 Å². The number of urea groups is 1. The highest BCUT2D eigenvalue weighted by molar-refractivity contribution is 5.73. The third kappa shape index (κ3) is 1.87. The number of rotatable bonds is 1. The fourth-order valence-electron chi connectivity index (χ4n) is 2.69. The Balaban J connectivity index is 1.67. The van der Waals surface area contributed by atoms with E-state index in [9.17, 15) is 4.79 Å². The van der Waals surface area contributed by atoms with Gasteiger partial charge in [0.1, 0.15) is 18.3 Å². The summed E-state index contributed by atoms with van der Waals surface area (Å²) in [4.78, 5) is 11.3. The van der Waals surface area contributed by atoms with Crippen LogP contribution in [0.2, 0.25) is 0 Å². The first-order chi connectivity index (χ1) is 8.50. The standard InChI is InChI=1S/C11H18N2O5/c1-11(2)17-8-7-6(16-9(8)18-11)5(4-15-7)13-10(14)12-3/h5-9H,4H2,1-3H3,(H2,12,13,14). The molecule has 5 atom stereocenters. The molecule has 5 unspecified atom stereocenters. The molecule has 0 aliphatic carbocycles. The number of hydrogen-bond donors (Lipinski definition) is 2.